The number of carbonyl (C=O) groups excluding carboxylic acids is 2. The first-order chi connectivity index (χ1) is 13.2. The molecule has 2 N–H and O–H groups in total. The molecule has 1 aromatic heterocycles. The first kappa shape index (κ1) is 18.1. The number of aromatic nitrogens is 1. The number of rotatable bonds is 6. The predicted molar refractivity (Wildman–Crippen MR) is 107 cm³/mol. The summed E-state index contributed by atoms with van der Waals surface area (Å²) >= 11 is 1.46. The number of piperidine rings is 1. The monoisotopic (exact) mass is 384 g/mol. The van der Waals surface area contributed by atoms with Crippen molar-refractivity contribution in [2.75, 3.05) is 23.7 Å². The maximum Gasteiger partial charge on any atom is 0.257 e. The Morgan fingerprint density at radius 1 is 1.07 bits per heavy atom. The van der Waals surface area contributed by atoms with Gasteiger partial charge in [-0.1, -0.05) is 6.42 Å². The van der Waals surface area contributed by atoms with Gasteiger partial charge in [0.05, 0.1) is 5.69 Å². The lowest BCUT2D eigenvalue weighted by Crippen LogP contribution is -2.29. The molecule has 0 spiro atoms. The Labute approximate surface area is 163 Å². The van der Waals surface area contributed by atoms with E-state index in [2.05, 4.69) is 20.5 Å². The summed E-state index contributed by atoms with van der Waals surface area (Å²) in [4.78, 5) is 31.2. The van der Waals surface area contributed by atoms with Crippen molar-refractivity contribution < 1.29 is 9.59 Å². The van der Waals surface area contributed by atoms with E-state index < -0.39 is 0 Å². The number of benzene rings is 1. The zero-order valence-electron chi connectivity index (χ0n) is 15.2. The van der Waals surface area contributed by atoms with Gasteiger partial charge in [-0.15, -0.1) is 11.3 Å². The summed E-state index contributed by atoms with van der Waals surface area (Å²) in [7, 11) is 0. The molecule has 4 rings (SSSR count). The van der Waals surface area contributed by atoms with Gasteiger partial charge in [0.15, 0.2) is 5.13 Å². The van der Waals surface area contributed by atoms with Crippen LogP contribution in [0.1, 0.15) is 48.2 Å². The Morgan fingerprint density at radius 2 is 1.81 bits per heavy atom. The van der Waals surface area contributed by atoms with E-state index in [-0.39, 0.29) is 17.7 Å². The maximum absolute atomic E-state index is 12.4. The van der Waals surface area contributed by atoms with E-state index in [4.69, 9.17) is 0 Å². The minimum Gasteiger partial charge on any atom is -0.326 e. The molecule has 0 atom stereocenters. The molecule has 7 heteroatoms. The van der Waals surface area contributed by atoms with E-state index in [1.165, 1.54) is 30.6 Å². The highest BCUT2D eigenvalue weighted by Crippen LogP contribution is 2.30. The van der Waals surface area contributed by atoms with Crippen LogP contribution < -0.4 is 10.6 Å². The average Bonchev–Trinajstić information content (AvgIpc) is 3.45. The Hall–Kier alpha value is -2.25. The molecule has 142 valence electrons. The van der Waals surface area contributed by atoms with Crippen molar-refractivity contribution in [2.24, 2.45) is 5.92 Å². The maximum atomic E-state index is 12.4. The molecule has 27 heavy (non-hydrogen) atoms. The minimum absolute atomic E-state index is 0.0659. The van der Waals surface area contributed by atoms with Crippen LogP contribution in [0.15, 0.2) is 29.6 Å². The highest BCUT2D eigenvalue weighted by Gasteiger charge is 2.29. The quantitative estimate of drug-likeness (QED) is 0.796. The number of hydrogen-bond donors (Lipinski definition) is 2. The second-order valence-corrected chi connectivity index (χ2v) is 8.13. The molecule has 1 saturated carbocycles. The molecular weight excluding hydrogens is 360 g/mol. The molecule has 1 aromatic carbocycles. The molecule has 0 radical (unpaired) electrons. The van der Waals surface area contributed by atoms with E-state index in [0.717, 1.165) is 43.9 Å². The molecule has 6 nitrogen and oxygen atoms in total. The highest BCUT2D eigenvalue weighted by atomic mass is 32.1. The summed E-state index contributed by atoms with van der Waals surface area (Å²) in [5.41, 5.74) is 2.28. The number of nitrogens with one attached hydrogen (secondary N) is 2. The fourth-order valence-electron chi connectivity index (χ4n) is 3.25. The number of anilines is 2. The van der Waals surface area contributed by atoms with Crippen molar-refractivity contribution in [1.82, 2.24) is 9.88 Å². The molecule has 2 aliphatic rings. The molecule has 2 heterocycles. The van der Waals surface area contributed by atoms with Crippen molar-refractivity contribution in [3.05, 3.63) is 40.9 Å². The fourth-order valence-corrected chi connectivity index (χ4v) is 3.94. The van der Waals surface area contributed by atoms with Gasteiger partial charge >= 0.3 is 0 Å². The van der Waals surface area contributed by atoms with Crippen LogP contribution in [0, 0.1) is 5.92 Å². The number of likely N-dealkylation sites (tertiary alicyclic amines) is 1. The largest absolute Gasteiger partial charge is 0.326 e. The van der Waals surface area contributed by atoms with Gasteiger partial charge < -0.3 is 5.32 Å². The summed E-state index contributed by atoms with van der Waals surface area (Å²) in [5.74, 6) is 0.0437. The average molecular weight is 385 g/mol. The number of thiazole rings is 1. The molecular formula is C20H24N4O2S. The summed E-state index contributed by atoms with van der Waals surface area (Å²) in [6.45, 7) is 3.10. The van der Waals surface area contributed by atoms with Crippen LogP contribution in [-0.4, -0.2) is 34.8 Å². The number of amides is 2. The van der Waals surface area contributed by atoms with Gasteiger partial charge in [0.1, 0.15) is 0 Å². The topological polar surface area (TPSA) is 74.3 Å². The zero-order valence-corrected chi connectivity index (χ0v) is 16.1. The van der Waals surface area contributed by atoms with Crippen LogP contribution in [0.5, 0.6) is 0 Å². The van der Waals surface area contributed by atoms with E-state index in [1.807, 2.05) is 5.38 Å². The van der Waals surface area contributed by atoms with Crippen molar-refractivity contribution in [3.63, 3.8) is 0 Å². The van der Waals surface area contributed by atoms with Crippen LogP contribution >= 0.6 is 11.3 Å². The molecule has 1 saturated heterocycles. The Kier molecular flexibility index (Phi) is 5.50. The van der Waals surface area contributed by atoms with Gasteiger partial charge in [0.2, 0.25) is 5.91 Å². The third-order valence-electron chi connectivity index (χ3n) is 4.97. The van der Waals surface area contributed by atoms with Crippen molar-refractivity contribution >= 4 is 34.0 Å². The third kappa shape index (κ3) is 4.93. The smallest absolute Gasteiger partial charge is 0.257 e. The SMILES string of the molecule is O=C(Nc1nc(CN2CCCCC2)cs1)c1ccc(NC(=O)C2CC2)cc1. The summed E-state index contributed by atoms with van der Waals surface area (Å²) in [6.07, 6.45) is 5.77. The second kappa shape index (κ2) is 8.19. The van der Waals surface area contributed by atoms with E-state index in [1.54, 1.807) is 24.3 Å². The van der Waals surface area contributed by atoms with Crippen LogP contribution in [0.2, 0.25) is 0 Å². The van der Waals surface area contributed by atoms with Crippen LogP contribution in [0.3, 0.4) is 0 Å². The standard InChI is InChI=1S/C20H24N4O2S/c25-18(14-4-5-14)21-16-8-6-15(7-9-16)19(26)23-20-22-17(13-27-20)12-24-10-2-1-3-11-24/h6-9,13-14H,1-5,10-12H2,(H,21,25)(H,22,23,26). The Morgan fingerprint density at radius 3 is 2.52 bits per heavy atom. The van der Waals surface area contributed by atoms with Gasteiger partial charge in [-0.25, -0.2) is 4.98 Å². The van der Waals surface area contributed by atoms with Crippen LogP contribution in [0.4, 0.5) is 10.8 Å². The second-order valence-electron chi connectivity index (χ2n) is 7.28. The number of hydrogen-bond acceptors (Lipinski definition) is 5. The normalized spacial score (nSPS) is 17.5. The van der Waals surface area contributed by atoms with Gasteiger partial charge in [-0.05, 0) is 63.0 Å². The Balaban J connectivity index is 1.31. The lowest BCUT2D eigenvalue weighted by Gasteiger charge is -2.25. The van der Waals surface area contributed by atoms with E-state index in [0.29, 0.717) is 10.7 Å². The van der Waals surface area contributed by atoms with Crippen LogP contribution in [-0.2, 0) is 11.3 Å². The minimum atomic E-state index is -0.186. The molecule has 1 aliphatic heterocycles. The molecule has 2 aromatic rings. The van der Waals surface area contributed by atoms with Crippen molar-refractivity contribution in [3.8, 4) is 0 Å². The van der Waals surface area contributed by atoms with Crippen molar-refractivity contribution in [1.29, 1.82) is 0 Å². The van der Waals surface area contributed by atoms with Gasteiger partial charge in [-0.3, -0.25) is 19.8 Å². The first-order valence-corrected chi connectivity index (χ1v) is 10.4. The first-order valence-electron chi connectivity index (χ1n) is 9.56. The summed E-state index contributed by atoms with van der Waals surface area (Å²) in [6, 6.07) is 6.97. The summed E-state index contributed by atoms with van der Waals surface area (Å²) < 4.78 is 0. The zero-order chi connectivity index (χ0) is 18.6. The van der Waals surface area contributed by atoms with Crippen LogP contribution in [0.25, 0.3) is 0 Å². The molecule has 2 fully saturated rings. The lowest BCUT2D eigenvalue weighted by atomic mass is 10.1. The third-order valence-corrected chi connectivity index (χ3v) is 5.78. The molecule has 0 bridgehead atoms. The van der Waals surface area contributed by atoms with Gasteiger partial charge in [-0.2, -0.15) is 0 Å². The Bertz CT molecular complexity index is 808. The fraction of sp³-hybridized carbons (Fsp3) is 0.450. The molecule has 1 aliphatic carbocycles. The highest BCUT2D eigenvalue weighted by molar-refractivity contribution is 7.13. The number of nitrogens with zero attached hydrogens (tertiary/aromatic N) is 2. The lowest BCUT2D eigenvalue weighted by molar-refractivity contribution is -0.117. The van der Waals surface area contributed by atoms with E-state index >= 15 is 0 Å². The van der Waals surface area contributed by atoms with Crippen molar-refractivity contribution in [2.45, 2.75) is 38.6 Å². The van der Waals surface area contributed by atoms with Gasteiger partial charge in [0.25, 0.3) is 5.91 Å². The molecule has 0 unspecified atom stereocenters. The predicted octanol–water partition coefficient (Wildman–Crippen LogP) is 3.73. The summed E-state index contributed by atoms with van der Waals surface area (Å²) in [5, 5.41) is 8.38. The van der Waals surface area contributed by atoms with E-state index in [9.17, 15) is 9.59 Å². The number of carbonyl (C=O) groups is 2. The van der Waals surface area contributed by atoms with Gasteiger partial charge in [0, 0.05) is 29.1 Å². The molecule has 2 amide bonds.